The van der Waals surface area contributed by atoms with Gasteiger partial charge in [0.05, 0.1) is 0 Å². The fourth-order valence-corrected chi connectivity index (χ4v) is 0.913. The summed E-state index contributed by atoms with van der Waals surface area (Å²) >= 11 is 22.5. The molecule has 0 aliphatic rings. The highest BCUT2D eigenvalue weighted by Crippen LogP contribution is 2.30. The van der Waals surface area contributed by atoms with Crippen LogP contribution in [-0.2, 0) is 0 Å². The van der Waals surface area contributed by atoms with Gasteiger partial charge in [-0.25, -0.2) is 4.40 Å². The highest BCUT2D eigenvalue weighted by atomic mass is 35.6. The van der Waals surface area contributed by atoms with Crippen LogP contribution in [0.2, 0.25) is 0 Å². The Morgan fingerprint density at radius 3 is 2.00 bits per heavy atom. The number of rotatable bonds is 1. The lowest BCUT2D eigenvalue weighted by molar-refractivity contribution is 1.60. The third-order valence-corrected chi connectivity index (χ3v) is 2.07. The van der Waals surface area contributed by atoms with E-state index in [-0.39, 0.29) is 5.17 Å². The molecule has 0 aromatic carbocycles. The molecule has 0 N–H and O–H groups in total. The highest BCUT2D eigenvalue weighted by molar-refractivity contribution is 7.97. The zero-order chi connectivity index (χ0) is 7.49. The smallest absolute Gasteiger partial charge is 0.205 e. The van der Waals surface area contributed by atoms with Crippen LogP contribution in [0.15, 0.2) is 4.40 Å². The fourth-order valence-electron chi connectivity index (χ4n) is 0.132. The Morgan fingerprint density at radius 2 is 1.89 bits per heavy atom. The maximum absolute atomic E-state index is 5.39. The summed E-state index contributed by atoms with van der Waals surface area (Å²) in [5.74, 6) is 0. The van der Waals surface area contributed by atoms with E-state index in [2.05, 4.69) is 4.40 Å². The van der Waals surface area contributed by atoms with Gasteiger partial charge in [0.15, 0.2) is 5.17 Å². The summed E-state index contributed by atoms with van der Waals surface area (Å²) < 4.78 is 2.02. The van der Waals surface area contributed by atoms with Crippen LogP contribution in [-0.4, -0.2) is 15.2 Å². The van der Waals surface area contributed by atoms with Gasteiger partial charge in [0.1, 0.15) is 0 Å². The van der Waals surface area contributed by atoms with E-state index < -0.39 is 3.79 Å². The highest BCUT2D eigenvalue weighted by Gasteiger charge is 2.25. The molecule has 6 heteroatoms. The second-order valence-electron chi connectivity index (χ2n) is 1.06. The van der Waals surface area contributed by atoms with E-state index in [1.807, 2.05) is 0 Å². The van der Waals surface area contributed by atoms with Crippen LogP contribution in [0.5, 0.6) is 0 Å². The summed E-state index contributed by atoms with van der Waals surface area (Å²) in [6.45, 7) is 0. The molecule has 0 rings (SSSR count). The van der Waals surface area contributed by atoms with Crippen molar-refractivity contribution in [1.82, 2.24) is 0 Å². The molecule has 1 nitrogen and oxygen atoms in total. The van der Waals surface area contributed by atoms with Crippen molar-refractivity contribution >= 4 is 63.5 Å². The largest absolute Gasteiger partial charge is 0.244 e. The summed E-state index contributed by atoms with van der Waals surface area (Å²) in [4.78, 5) is 0. The molecule has 0 aromatic rings. The van der Waals surface area contributed by atoms with Crippen LogP contribution < -0.4 is 0 Å². The lowest BCUT2D eigenvalue weighted by Gasteiger charge is -2.05. The molecule has 0 aromatic heterocycles. The molecule has 0 heterocycles. The quantitative estimate of drug-likeness (QED) is 0.380. The maximum Gasteiger partial charge on any atom is 0.244 e. The molecule has 9 heavy (non-hydrogen) atoms. The molecule has 54 valence electrons. The number of hydrogen-bond acceptors (Lipinski definition) is 2. The molecular formula is C3H3Cl4NS. The van der Waals surface area contributed by atoms with Crippen LogP contribution >= 0.6 is 58.4 Å². The van der Waals surface area contributed by atoms with Gasteiger partial charge in [-0.3, -0.25) is 0 Å². The topological polar surface area (TPSA) is 12.4 Å². The molecule has 0 unspecified atom stereocenters. The number of halogens is 4. The molecular weight excluding hydrogens is 224 g/mol. The van der Waals surface area contributed by atoms with Gasteiger partial charge in [0.25, 0.3) is 0 Å². The molecule has 0 radical (unpaired) electrons. The third kappa shape index (κ3) is 4.57. The van der Waals surface area contributed by atoms with Gasteiger partial charge in [-0.05, 0) is 11.9 Å². The first-order valence-corrected chi connectivity index (χ1v) is 4.51. The summed E-state index contributed by atoms with van der Waals surface area (Å²) in [6, 6.07) is 0. The number of alkyl halides is 3. The maximum atomic E-state index is 5.39. The third-order valence-electron chi connectivity index (χ3n) is 0.405. The fraction of sp³-hybridized carbons (Fsp3) is 0.667. The minimum absolute atomic E-state index is 0.0278. The van der Waals surface area contributed by atoms with Crippen LogP contribution in [0.25, 0.3) is 0 Å². The van der Waals surface area contributed by atoms with Gasteiger partial charge in [-0.1, -0.05) is 46.4 Å². The van der Waals surface area contributed by atoms with E-state index >= 15 is 0 Å². The second-order valence-corrected chi connectivity index (χ2v) is 4.25. The Morgan fingerprint density at radius 1 is 1.44 bits per heavy atom. The van der Waals surface area contributed by atoms with E-state index in [0.29, 0.717) is 0 Å². The van der Waals surface area contributed by atoms with Gasteiger partial charge >= 0.3 is 0 Å². The van der Waals surface area contributed by atoms with Crippen LogP contribution in [0.3, 0.4) is 0 Å². The molecule has 0 fully saturated rings. The lowest BCUT2D eigenvalue weighted by Crippen LogP contribution is -2.11. The van der Waals surface area contributed by atoms with Crippen molar-refractivity contribution in [3.05, 3.63) is 0 Å². The summed E-state index contributed by atoms with van der Waals surface area (Å²) in [5, 5.41) is -0.0278. The minimum Gasteiger partial charge on any atom is -0.205 e. The first-order valence-electron chi connectivity index (χ1n) is 1.82. The van der Waals surface area contributed by atoms with Gasteiger partial charge in [-0.15, -0.1) is 0 Å². The normalized spacial score (nSPS) is 14.1. The Balaban J connectivity index is 4.03. The average molecular weight is 227 g/mol. The van der Waals surface area contributed by atoms with Crippen molar-refractivity contribution in [1.29, 1.82) is 0 Å². The molecule has 0 amide bonds. The molecule has 0 aliphatic heterocycles. The van der Waals surface area contributed by atoms with Gasteiger partial charge in [0.2, 0.25) is 3.79 Å². The van der Waals surface area contributed by atoms with E-state index in [4.69, 9.17) is 46.4 Å². The van der Waals surface area contributed by atoms with Crippen LogP contribution in [0.4, 0.5) is 0 Å². The van der Waals surface area contributed by atoms with E-state index in [1.54, 1.807) is 6.26 Å². The first kappa shape index (κ1) is 10.2. The van der Waals surface area contributed by atoms with Crippen molar-refractivity contribution < 1.29 is 0 Å². The van der Waals surface area contributed by atoms with Crippen molar-refractivity contribution in [2.45, 2.75) is 3.79 Å². The summed E-state index contributed by atoms with van der Waals surface area (Å²) in [5.41, 5.74) is 0. The average Bonchev–Trinajstić information content (AvgIpc) is 1.64. The van der Waals surface area contributed by atoms with Crippen molar-refractivity contribution in [2.24, 2.45) is 4.40 Å². The summed E-state index contributed by atoms with van der Waals surface area (Å²) in [6.07, 6.45) is 1.72. The molecule has 0 spiro atoms. The minimum atomic E-state index is -1.58. The molecule has 0 atom stereocenters. The SMILES string of the molecule is CS/N=C(\Cl)C(Cl)(Cl)Cl. The van der Waals surface area contributed by atoms with E-state index in [0.717, 1.165) is 11.9 Å². The number of nitrogens with zero attached hydrogens (tertiary/aromatic N) is 1. The van der Waals surface area contributed by atoms with Gasteiger partial charge in [-0.2, -0.15) is 0 Å². The Kier molecular flexibility index (Phi) is 4.68. The Bertz CT molecular complexity index is 117. The molecule has 0 aliphatic carbocycles. The van der Waals surface area contributed by atoms with Crippen molar-refractivity contribution in [2.75, 3.05) is 6.26 Å². The molecule has 0 saturated heterocycles. The molecule has 0 saturated carbocycles. The zero-order valence-electron chi connectivity index (χ0n) is 4.37. The van der Waals surface area contributed by atoms with E-state index in [1.165, 1.54) is 0 Å². The van der Waals surface area contributed by atoms with Crippen LogP contribution in [0, 0.1) is 0 Å². The van der Waals surface area contributed by atoms with Gasteiger partial charge in [0, 0.05) is 6.26 Å². The van der Waals surface area contributed by atoms with Crippen LogP contribution in [0.1, 0.15) is 0 Å². The Hall–Kier alpha value is 1.18. The molecule has 0 bridgehead atoms. The van der Waals surface area contributed by atoms with Crippen molar-refractivity contribution in [3.8, 4) is 0 Å². The number of hydrogen-bond donors (Lipinski definition) is 0. The Labute approximate surface area is 77.8 Å². The van der Waals surface area contributed by atoms with Crippen molar-refractivity contribution in [3.63, 3.8) is 0 Å². The summed E-state index contributed by atoms with van der Waals surface area (Å²) in [7, 11) is 0. The first-order chi connectivity index (χ1) is 3.98. The predicted molar refractivity (Wildman–Crippen MR) is 47.1 cm³/mol. The second kappa shape index (κ2) is 4.14. The predicted octanol–water partition coefficient (Wildman–Crippen LogP) is 3.27. The van der Waals surface area contributed by atoms with Gasteiger partial charge < -0.3 is 0 Å². The zero-order valence-corrected chi connectivity index (χ0v) is 8.21. The monoisotopic (exact) mass is 225 g/mol. The lowest BCUT2D eigenvalue weighted by atomic mass is 10.8. The van der Waals surface area contributed by atoms with E-state index in [9.17, 15) is 0 Å². The standard InChI is InChI=1S/C3H3Cl4NS/c1-9-8-2(4)3(5,6)7/h1H3/b8-2-.